The molecule has 8 heteroatoms. The van der Waals surface area contributed by atoms with Gasteiger partial charge in [-0.1, -0.05) is 5.16 Å². The van der Waals surface area contributed by atoms with Crippen LogP contribution in [0.2, 0.25) is 0 Å². The number of nitriles is 1. The molecule has 1 N–H and O–H groups in total. The number of benzene rings is 1. The predicted molar refractivity (Wildman–Crippen MR) is 69.0 cm³/mol. The summed E-state index contributed by atoms with van der Waals surface area (Å²) in [4.78, 5) is 14.1. The highest BCUT2D eigenvalue weighted by molar-refractivity contribution is 5.61. The Hall–Kier alpha value is -2.95. The normalized spacial score (nSPS) is 10.0. The van der Waals surface area contributed by atoms with Crippen LogP contribution >= 0.6 is 0 Å². The molecule has 20 heavy (non-hydrogen) atoms. The van der Waals surface area contributed by atoms with Gasteiger partial charge < -0.3 is 9.84 Å². The SMILES string of the molecule is Cc1noc(CCNc2ccc([N+](=O)[O-])cc2C#N)n1. The summed E-state index contributed by atoms with van der Waals surface area (Å²) < 4.78 is 4.95. The van der Waals surface area contributed by atoms with Gasteiger partial charge in [-0.25, -0.2) is 0 Å². The zero-order valence-corrected chi connectivity index (χ0v) is 10.7. The molecule has 8 nitrogen and oxygen atoms in total. The molecule has 2 aromatic rings. The number of nitrogens with zero attached hydrogens (tertiary/aromatic N) is 4. The first-order valence-electron chi connectivity index (χ1n) is 5.82. The first kappa shape index (κ1) is 13.5. The van der Waals surface area contributed by atoms with Crippen LogP contribution < -0.4 is 5.32 Å². The lowest BCUT2D eigenvalue weighted by molar-refractivity contribution is -0.384. The molecule has 0 saturated heterocycles. The Morgan fingerprint density at radius 2 is 2.35 bits per heavy atom. The molecule has 1 aromatic carbocycles. The summed E-state index contributed by atoms with van der Waals surface area (Å²) >= 11 is 0. The van der Waals surface area contributed by atoms with E-state index in [0.717, 1.165) is 0 Å². The van der Waals surface area contributed by atoms with Gasteiger partial charge in [-0.15, -0.1) is 0 Å². The minimum absolute atomic E-state index is 0.111. The average Bonchev–Trinajstić information content (AvgIpc) is 2.84. The Labute approximate surface area is 114 Å². The molecule has 0 radical (unpaired) electrons. The van der Waals surface area contributed by atoms with Crippen molar-refractivity contribution in [3.8, 4) is 6.07 Å². The number of hydrogen-bond donors (Lipinski definition) is 1. The summed E-state index contributed by atoms with van der Waals surface area (Å²) in [7, 11) is 0. The van der Waals surface area contributed by atoms with Crippen molar-refractivity contribution in [1.29, 1.82) is 5.26 Å². The molecule has 102 valence electrons. The van der Waals surface area contributed by atoms with Crippen molar-refractivity contribution < 1.29 is 9.45 Å². The Balaban J connectivity index is 2.02. The van der Waals surface area contributed by atoms with E-state index >= 15 is 0 Å². The Kier molecular flexibility index (Phi) is 3.91. The lowest BCUT2D eigenvalue weighted by Gasteiger charge is -2.06. The van der Waals surface area contributed by atoms with Crippen molar-refractivity contribution in [2.75, 3.05) is 11.9 Å². The molecule has 0 spiro atoms. The smallest absolute Gasteiger partial charge is 0.270 e. The molecule has 0 atom stereocenters. The molecule has 0 aliphatic rings. The molecular weight excluding hydrogens is 262 g/mol. The van der Waals surface area contributed by atoms with Crippen LogP contribution in [0.4, 0.5) is 11.4 Å². The van der Waals surface area contributed by atoms with E-state index in [-0.39, 0.29) is 11.3 Å². The lowest BCUT2D eigenvalue weighted by atomic mass is 10.1. The minimum Gasteiger partial charge on any atom is -0.383 e. The van der Waals surface area contributed by atoms with Gasteiger partial charge in [-0.3, -0.25) is 10.1 Å². The fourth-order valence-corrected chi connectivity index (χ4v) is 1.64. The molecule has 0 aliphatic heterocycles. The quantitative estimate of drug-likeness (QED) is 0.651. The third-order valence-corrected chi connectivity index (χ3v) is 2.56. The molecule has 1 heterocycles. The highest BCUT2D eigenvalue weighted by Crippen LogP contribution is 2.21. The summed E-state index contributed by atoms with van der Waals surface area (Å²) in [5, 5.41) is 26.3. The van der Waals surface area contributed by atoms with Gasteiger partial charge in [-0.05, 0) is 13.0 Å². The molecule has 0 bridgehead atoms. The van der Waals surface area contributed by atoms with Crippen LogP contribution in [0.1, 0.15) is 17.3 Å². The van der Waals surface area contributed by atoms with Crippen molar-refractivity contribution in [2.24, 2.45) is 0 Å². The van der Waals surface area contributed by atoms with E-state index in [1.54, 1.807) is 6.92 Å². The van der Waals surface area contributed by atoms with Gasteiger partial charge in [0, 0.05) is 25.1 Å². The Morgan fingerprint density at radius 3 is 2.95 bits per heavy atom. The first-order chi connectivity index (χ1) is 9.60. The number of anilines is 1. The highest BCUT2D eigenvalue weighted by Gasteiger charge is 2.10. The van der Waals surface area contributed by atoms with Gasteiger partial charge in [0.15, 0.2) is 5.82 Å². The maximum atomic E-state index is 10.6. The summed E-state index contributed by atoms with van der Waals surface area (Å²) in [5.41, 5.74) is 0.648. The van der Waals surface area contributed by atoms with Crippen LogP contribution in [-0.2, 0) is 6.42 Å². The van der Waals surface area contributed by atoms with Crippen molar-refractivity contribution in [2.45, 2.75) is 13.3 Å². The third-order valence-electron chi connectivity index (χ3n) is 2.56. The van der Waals surface area contributed by atoms with Crippen LogP contribution in [0.25, 0.3) is 0 Å². The third kappa shape index (κ3) is 3.08. The van der Waals surface area contributed by atoms with Gasteiger partial charge in [-0.2, -0.15) is 10.2 Å². The Morgan fingerprint density at radius 1 is 1.55 bits per heavy atom. The van der Waals surface area contributed by atoms with E-state index in [0.29, 0.717) is 30.4 Å². The molecule has 0 aliphatic carbocycles. The van der Waals surface area contributed by atoms with Gasteiger partial charge in [0.25, 0.3) is 5.69 Å². The zero-order valence-electron chi connectivity index (χ0n) is 10.7. The van der Waals surface area contributed by atoms with Crippen LogP contribution in [-0.4, -0.2) is 21.6 Å². The fraction of sp³-hybridized carbons (Fsp3) is 0.250. The zero-order chi connectivity index (χ0) is 14.5. The lowest BCUT2D eigenvalue weighted by Crippen LogP contribution is -2.06. The number of nitro benzene ring substituents is 1. The maximum absolute atomic E-state index is 10.6. The van der Waals surface area contributed by atoms with E-state index in [2.05, 4.69) is 15.5 Å². The average molecular weight is 273 g/mol. The number of aryl methyl sites for hydroxylation is 1. The molecular formula is C12H11N5O3. The topological polar surface area (TPSA) is 118 Å². The van der Waals surface area contributed by atoms with Crippen molar-refractivity contribution >= 4 is 11.4 Å². The summed E-state index contributed by atoms with van der Waals surface area (Å²) in [6.07, 6.45) is 0.503. The molecule has 0 amide bonds. The summed E-state index contributed by atoms with van der Waals surface area (Å²) in [6.45, 7) is 2.21. The van der Waals surface area contributed by atoms with Crippen molar-refractivity contribution in [3.63, 3.8) is 0 Å². The first-order valence-corrected chi connectivity index (χ1v) is 5.82. The van der Waals surface area contributed by atoms with Crippen molar-refractivity contribution in [3.05, 3.63) is 45.6 Å². The molecule has 2 rings (SSSR count). The largest absolute Gasteiger partial charge is 0.383 e. The number of aromatic nitrogens is 2. The second-order valence-corrected chi connectivity index (χ2v) is 4.01. The van der Waals surface area contributed by atoms with E-state index < -0.39 is 4.92 Å². The molecule has 0 fully saturated rings. The fourth-order valence-electron chi connectivity index (χ4n) is 1.64. The predicted octanol–water partition coefficient (Wildman–Crippen LogP) is 1.81. The number of hydrogen-bond acceptors (Lipinski definition) is 7. The van der Waals surface area contributed by atoms with Gasteiger partial charge >= 0.3 is 0 Å². The van der Waals surface area contributed by atoms with Gasteiger partial charge in [0.2, 0.25) is 5.89 Å². The van der Waals surface area contributed by atoms with Crippen molar-refractivity contribution in [1.82, 2.24) is 10.1 Å². The summed E-state index contributed by atoms with van der Waals surface area (Å²) in [5.74, 6) is 1.06. The van der Waals surface area contributed by atoms with Crippen LogP contribution in [0.3, 0.4) is 0 Å². The molecule has 0 unspecified atom stereocenters. The van der Waals surface area contributed by atoms with Gasteiger partial charge in [0.1, 0.15) is 6.07 Å². The number of nitrogens with one attached hydrogen (secondary N) is 1. The van der Waals surface area contributed by atoms with Crippen LogP contribution in [0.15, 0.2) is 22.7 Å². The van der Waals surface area contributed by atoms with E-state index in [1.165, 1.54) is 18.2 Å². The number of rotatable bonds is 5. The highest BCUT2D eigenvalue weighted by atomic mass is 16.6. The standard InChI is InChI=1S/C12H11N5O3/c1-8-15-12(20-16-8)4-5-14-11-3-2-10(17(18)19)6-9(11)7-13/h2-3,6,14H,4-5H2,1H3. The van der Waals surface area contributed by atoms with Crippen LogP contribution in [0.5, 0.6) is 0 Å². The van der Waals surface area contributed by atoms with E-state index in [1.807, 2.05) is 6.07 Å². The number of non-ortho nitro benzene ring substituents is 1. The minimum atomic E-state index is -0.536. The van der Waals surface area contributed by atoms with E-state index in [9.17, 15) is 10.1 Å². The second kappa shape index (κ2) is 5.79. The van der Waals surface area contributed by atoms with E-state index in [4.69, 9.17) is 9.78 Å². The second-order valence-electron chi connectivity index (χ2n) is 4.01. The van der Waals surface area contributed by atoms with Gasteiger partial charge in [0.05, 0.1) is 16.2 Å². The number of nitro groups is 1. The Bertz CT molecular complexity index is 674. The maximum Gasteiger partial charge on any atom is 0.270 e. The monoisotopic (exact) mass is 273 g/mol. The summed E-state index contributed by atoms with van der Waals surface area (Å²) in [6, 6.07) is 6.02. The molecule has 0 saturated carbocycles. The molecule has 1 aromatic heterocycles. The van der Waals surface area contributed by atoms with Crippen LogP contribution in [0, 0.1) is 28.4 Å².